The largest absolute Gasteiger partial charge is 0.478 e. The molecule has 154 valence electrons. The SMILES string of the molecule is O=C(NCc1ccccc1)Nc1ccc2c(/C=C(/C(=O)O)c3ccccc3)c[nH]c2n1. The standard InChI is InChI=1S/C24H20N4O3/c29-23(30)20(17-9-5-2-6-10-17)13-18-15-25-22-19(18)11-12-21(27-22)28-24(31)26-14-16-7-3-1-4-8-16/h1-13,15H,14H2,(H,29,30)(H3,25,26,27,28,31)/b20-13+. The second-order valence-electron chi connectivity index (χ2n) is 6.86. The highest BCUT2D eigenvalue weighted by atomic mass is 16.4. The number of nitrogens with zero attached hydrogens (tertiary/aromatic N) is 1. The Morgan fingerprint density at radius 1 is 0.968 bits per heavy atom. The molecule has 31 heavy (non-hydrogen) atoms. The number of benzene rings is 2. The van der Waals surface area contributed by atoms with Gasteiger partial charge in [-0.05, 0) is 29.3 Å². The third-order valence-corrected chi connectivity index (χ3v) is 4.72. The molecule has 0 fully saturated rings. The van der Waals surface area contributed by atoms with Crippen LogP contribution < -0.4 is 10.6 Å². The highest BCUT2D eigenvalue weighted by molar-refractivity contribution is 6.21. The Balaban J connectivity index is 1.51. The van der Waals surface area contributed by atoms with Gasteiger partial charge in [0.2, 0.25) is 0 Å². The number of hydrogen-bond acceptors (Lipinski definition) is 3. The Hall–Kier alpha value is -4.39. The summed E-state index contributed by atoms with van der Waals surface area (Å²) in [5.41, 5.74) is 3.04. The van der Waals surface area contributed by atoms with E-state index in [0.717, 1.165) is 10.9 Å². The lowest BCUT2D eigenvalue weighted by Crippen LogP contribution is -2.28. The first kappa shape index (κ1) is 19.9. The molecule has 0 aliphatic heterocycles. The minimum absolute atomic E-state index is 0.184. The zero-order valence-electron chi connectivity index (χ0n) is 16.5. The molecule has 0 aliphatic carbocycles. The Bertz CT molecular complexity index is 1250. The van der Waals surface area contributed by atoms with E-state index in [2.05, 4.69) is 20.6 Å². The first-order chi connectivity index (χ1) is 15.1. The number of fused-ring (bicyclic) bond motifs is 1. The average Bonchev–Trinajstić information content (AvgIpc) is 3.19. The lowest BCUT2D eigenvalue weighted by atomic mass is 10.0. The van der Waals surface area contributed by atoms with Crippen molar-refractivity contribution in [1.82, 2.24) is 15.3 Å². The molecule has 2 heterocycles. The number of carboxylic acid groups (broad SMARTS) is 1. The molecule has 2 aromatic heterocycles. The summed E-state index contributed by atoms with van der Waals surface area (Å²) < 4.78 is 0. The van der Waals surface area contributed by atoms with Crippen LogP contribution in [-0.4, -0.2) is 27.1 Å². The van der Waals surface area contributed by atoms with Gasteiger partial charge in [0.05, 0.1) is 5.57 Å². The molecule has 0 saturated carbocycles. The number of anilines is 1. The van der Waals surface area contributed by atoms with E-state index < -0.39 is 5.97 Å². The quantitative estimate of drug-likeness (QED) is 0.350. The van der Waals surface area contributed by atoms with E-state index in [1.807, 2.05) is 36.4 Å². The number of urea groups is 1. The van der Waals surface area contributed by atoms with Gasteiger partial charge >= 0.3 is 12.0 Å². The highest BCUT2D eigenvalue weighted by Crippen LogP contribution is 2.24. The molecule has 4 aromatic rings. The number of aromatic amines is 1. The number of rotatable bonds is 6. The predicted octanol–water partition coefficient (Wildman–Crippen LogP) is 4.51. The summed E-state index contributed by atoms with van der Waals surface area (Å²) in [5.74, 6) is -0.626. The minimum atomic E-state index is -1.01. The fourth-order valence-corrected chi connectivity index (χ4v) is 3.20. The van der Waals surface area contributed by atoms with Crippen LogP contribution >= 0.6 is 0 Å². The van der Waals surface area contributed by atoms with E-state index in [0.29, 0.717) is 29.1 Å². The third-order valence-electron chi connectivity index (χ3n) is 4.72. The van der Waals surface area contributed by atoms with Gasteiger partial charge in [0.25, 0.3) is 0 Å². The van der Waals surface area contributed by atoms with Crippen LogP contribution in [0, 0.1) is 0 Å². The molecule has 2 amide bonds. The van der Waals surface area contributed by atoms with E-state index in [1.165, 1.54) is 0 Å². The topological polar surface area (TPSA) is 107 Å². The summed E-state index contributed by atoms with van der Waals surface area (Å²) >= 11 is 0. The summed E-state index contributed by atoms with van der Waals surface area (Å²) in [6.45, 7) is 0.407. The van der Waals surface area contributed by atoms with Crippen molar-refractivity contribution in [3.63, 3.8) is 0 Å². The number of aromatic nitrogens is 2. The maximum absolute atomic E-state index is 12.2. The monoisotopic (exact) mass is 412 g/mol. The van der Waals surface area contributed by atoms with Gasteiger partial charge in [-0.1, -0.05) is 60.7 Å². The molecule has 0 unspecified atom stereocenters. The number of H-pyrrole nitrogens is 1. The average molecular weight is 412 g/mol. The van der Waals surface area contributed by atoms with E-state index >= 15 is 0 Å². The van der Waals surface area contributed by atoms with Crippen molar-refractivity contribution in [1.29, 1.82) is 0 Å². The fraction of sp³-hybridized carbons (Fsp3) is 0.0417. The van der Waals surface area contributed by atoms with Crippen LogP contribution in [0.2, 0.25) is 0 Å². The van der Waals surface area contributed by atoms with E-state index in [1.54, 1.807) is 48.7 Å². The van der Waals surface area contributed by atoms with Gasteiger partial charge in [0.15, 0.2) is 0 Å². The summed E-state index contributed by atoms with van der Waals surface area (Å²) in [5, 5.41) is 15.9. The van der Waals surface area contributed by atoms with Crippen molar-refractivity contribution < 1.29 is 14.7 Å². The number of carbonyl (C=O) groups excluding carboxylic acids is 1. The van der Waals surface area contributed by atoms with Gasteiger partial charge in [-0.2, -0.15) is 0 Å². The van der Waals surface area contributed by atoms with Crippen LogP contribution in [0.5, 0.6) is 0 Å². The van der Waals surface area contributed by atoms with Crippen molar-refractivity contribution in [2.24, 2.45) is 0 Å². The van der Waals surface area contributed by atoms with Crippen LogP contribution in [0.3, 0.4) is 0 Å². The van der Waals surface area contributed by atoms with Crippen molar-refractivity contribution >= 4 is 40.5 Å². The van der Waals surface area contributed by atoms with Gasteiger partial charge in [0, 0.05) is 23.7 Å². The Kier molecular flexibility index (Phi) is 5.75. The molecular formula is C24H20N4O3. The number of amides is 2. The molecule has 4 N–H and O–H groups in total. The van der Waals surface area contributed by atoms with Crippen molar-refractivity contribution in [3.05, 3.63) is 95.7 Å². The maximum Gasteiger partial charge on any atom is 0.336 e. The van der Waals surface area contributed by atoms with Crippen LogP contribution in [0.4, 0.5) is 10.6 Å². The number of hydrogen-bond donors (Lipinski definition) is 4. The number of carbonyl (C=O) groups is 2. The van der Waals surface area contributed by atoms with Crippen LogP contribution in [0.15, 0.2) is 79.0 Å². The maximum atomic E-state index is 12.2. The molecule has 4 rings (SSSR count). The summed E-state index contributed by atoms with van der Waals surface area (Å²) in [4.78, 5) is 31.4. The zero-order chi connectivity index (χ0) is 21.6. The summed E-state index contributed by atoms with van der Waals surface area (Å²) in [7, 11) is 0. The van der Waals surface area contributed by atoms with E-state index in [9.17, 15) is 14.7 Å². The molecule has 7 nitrogen and oxygen atoms in total. The highest BCUT2D eigenvalue weighted by Gasteiger charge is 2.13. The van der Waals surface area contributed by atoms with Crippen molar-refractivity contribution in [2.45, 2.75) is 6.54 Å². The Labute approximate surface area is 178 Å². The number of pyridine rings is 1. The molecule has 0 radical (unpaired) electrons. The van der Waals surface area contributed by atoms with Crippen LogP contribution in [0.1, 0.15) is 16.7 Å². The first-order valence-electron chi connectivity index (χ1n) is 9.67. The lowest BCUT2D eigenvalue weighted by Gasteiger charge is -2.07. The summed E-state index contributed by atoms with van der Waals surface area (Å²) in [6.07, 6.45) is 3.31. The van der Waals surface area contributed by atoms with E-state index in [-0.39, 0.29) is 11.6 Å². The fourth-order valence-electron chi connectivity index (χ4n) is 3.20. The normalized spacial score (nSPS) is 11.3. The molecule has 0 aliphatic rings. The molecular weight excluding hydrogens is 392 g/mol. The number of nitrogens with one attached hydrogen (secondary N) is 3. The second-order valence-corrected chi connectivity index (χ2v) is 6.86. The lowest BCUT2D eigenvalue weighted by molar-refractivity contribution is -0.130. The van der Waals surface area contributed by atoms with Gasteiger partial charge in [0.1, 0.15) is 11.5 Å². The molecule has 0 atom stereocenters. The molecule has 2 aromatic carbocycles. The van der Waals surface area contributed by atoms with Crippen LogP contribution in [0.25, 0.3) is 22.7 Å². The molecule has 7 heteroatoms. The van der Waals surface area contributed by atoms with Gasteiger partial charge in [-0.25, -0.2) is 14.6 Å². The van der Waals surface area contributed by atoms with Gasteiger partial charge < -0.3 is 15.4 Å². The summed E-state index contributed by atoms with van der Waals surface area (Å²) in [6, 6.07) is 21.6. The number of carboxylic acids is 1. The molecule has 0 bridgehead atoms. The second kappa shape index (κ2) is 8.96. The first-order valence-corrected chi connectivity index (χ1v) is 9.67. The van der Waals surface area contributed by atoms with Crippen molar-refractivity contribution in [3.8, 4) is 0 Å². The Morgan fingerprint density at radius 3 is 2.39 bits per heavy atom. The predicted molar refractivity (Wildman–Crippen MR) is 120 cm³/mol. The molecule has 0 spiro atoms. The van der Waals surface area contributed by atoms with Gasteiger partial charge in [-0.3, -0.25) is 5.32 Å². The third kappa shape index (κ3) is 4.79. The smallest absolute Gasteiger partial charge is 0.336 e. The zero-order valence-corrected chi connectivity index (χ0v) is 16.5. The van der Waals surface area contributed by atoms with Gasteiger partial charge in [-0.15, -0.1) is 0 Å². The van der Waals surface area contributed by atoms with Crippen molar-refractivity contribution in [2.75, 3.05) is 5.32 Å². The number of aliphatic carboxylic acids is 1. The molecule has 0 saturated heterocycles. The van der Waals surface area contributed by atoms with Crippen LogP contribution in [-0.2, 0) is 11.3 Å². The van der Waals surface area contributed by atoms with E-state index in [4.69, 9.17) is 0 Å². The minimum Gasteiger partial charge on any atom is -0.478 e. The Morgan fingerprint density at radius 2 is 1.68 bits per heavy atom.